The lowest BCUT2D eigenvalue weighted by atomic mass is 10.1. The second-order valence-corrected chi connectivity index (χ2v) is 9.74. The number of hydrogen-bond acceptors (Lipinski definition) is 5. The van der Waals surface area contributed by atoms with Gasteiger partial charge in [0.25, 0.3) is 5.91 Å². The van der Waals surface area contributed by atoms with Crippen LogP contribution in [0.2, 0.25) is 0 Å². The van der Waals surface area contributed by atoms with Crippen LogP contribution in [0.25, 0.3) is 0 Å². The molecule has 0 radical (unpaired) electrons. The first-order valence-electron chi connectivity index (χ1n) is 10.7. The van der Waals surface area contributed by atoms with Gasteiger partial charge in [-0.25, -0.2) is 13.1 Å². The first-order valence-corrected chi connectivity index (χ1v) is 12.2. The molecule has 0 aliphatic heterocycles. The van der Waals surface area contributed by atoms with E-state index in [9.17, 15) is 13.2 Å². The fraction of sp³-hybridized carbons (Fsp3) is 0.160. The monoisotopic (exact) mass is 475 g/mol. The molecular formula is C25H25N5O3S. The van der Waals surface area contributed by atoms with Crippen LogP contribution in [0.4, 0.5) is 5.82 Å². The number of amides is 1. The van der Waals surface area contributed by atoms with E-state index in [2.05, 4.69) is 20.1 Å². The molecule has 0 unspecified atom stereocenters. The van der Waals surface area contributed by atoms with Crippen molar-refractivity contribution in [3.63, 3.8) is 0 Å². The van der Waals surface area contributed by atoms with E-state index in [1.54, 1.807) is 71.8 Å². The van der Waals surface area contributed by atoms with Gasteiger partial charge in [0.1, 0.15) is 0 Å². The number of benzene rings is 2. The third kappa shape index (κ3) is 5.75. The number of sulfonamides is 1. The third-order valence-electron chi connectivity index (χ3n) is 5.45. The van der Waals surface area contributed by atoms with E-state index >= 15 is 0 Å². The molecule has 0 aliphatic carbocycles. The smallest absolute Gasteiger partial charge is 0.256 e. The molecule has 0 bridgehead atoms. The minimum Gasteiger partial charge on any atom is -0.305 e. The van der Waals surface area contributed by atoms with Crippen LogP contribution in [0.1, 0.15) is 32.6 Å². The van der Waals surface area contributed by atoms with Gasteiger partial charge in [-0.2, -0.15) is 5.10 Å². The molecule has 4 rings (SSSR count). The Balaban J connectivity index is 1.34. The Morgan fingerprint density at radius 3 is 2.35 bits per heavy atom. The Hall–Kier alpha value is -3.82. The van der Waals surface area contributed by atoms with Crippen LogP contribution < -0.4 is 10.0 Å². The van der Waals surface area contributed by atoms with Crippen molar-refractivity contribution < 1.29 is 13.2 Å². The highest BCUT2D eigenvalue weighted by molar-refractivity contribution is 7.89. The molecule has 0 aliphatic rings. The zero-order chi connectivity index (χ0) is 24.1. The van der Waals surface area contributed by atoms with Crippen LogP contribution in [-0.2, 0) is 23.1 Å². The number of carbonyl (C=O) groups excluding carboxylic acids is 1. The standard InChI is InChI=1S/C25H25N5O3S/c1-18-3-8-23(15-19(18)2)34(32,33)27-16-20-4-6-22(7-5-20)25(31)28-24-11-14-30(29-24)17-21-9-12-26-13-10-21/h3-15,27H,16-17H2,1-2H3,(H,28,29,31). The number of aryl methyl sites for hydroxylation is 2. The Bertz CT molecular complexity index is 1400. The summed E-state index contributed by atoms with van der Waals surface area (Å²) < 4.78 is 29.5. The molecule has 2 heterocycles. The Kier molecular flexibility index (Phi) is 6.85. The van der Waals surface area contributed by atoms with Crippen molar-refractivity contribution in [1.82, 2.24) is 19.5 Å². The number of anilines is 1. The SMILES string of the molecule is Cc1ccc(S(=O)(=O)NCc2ccc(C(=O)Nc3ccn(Cc4ccncc4)n3)cc2)cc1C. The van der Waals surface area contributed by atoms with Crippen molar-refractivity contribution >= 4 is 21.7 Å². The number of carbonyl (C=O) groups is 1. The highest BCUT2D eigenvalue weighted by Crippen LogP contribution is 2.15. The van der Waals surface area contributed by atoms with Gasteiger partial charge in [0.15, 0.2) is 5.82 Å². The summed E-state index contributed by atoms with van der Waals surface area (Å²) in [6.07, 6.45) is 5.24. The van der Waals surface area contributed by atoms with Crippen molar-refractivity contribution in [2.24, 2.45) is 0 Å². The molecule has 8 nitrogen and oxygen atoms in total. The molecule has 0 saturated carbocycles. The number of aromatic nitrogens is 3. The minimum absolute atomic E-state index is 0.122. The minimum atomic E-state index is -3.63. The molecule has 0 atom stereocenters. The lowest BCUT2D eigenvalue weighted by Gasteiger charge is -2.09. The summed E-state index contributed by atoms with van der Waals surface area (Å²) in [6, 6.07) is 17.3. The summed E-state index contributed by atoms with van der Waals surface area (Å²) in [7, 11) is -3.63. The van der Waals surface area contributed by atoms with Crippen LogP contribution in [0.15, 0.2) is 84.1 Å². The molecule has 9 heteroatoms. The molecule has 0 fully saturated rings. The third-order valence-corrected chi connectivity index (χ3v) is 6.85. The van der Waals surface area contributed by atoms with Crippen molar-refractivity contribution in [1.29, 1.82) is 0 Å². The summed E-state index contributed by atoms with van der Waals surface area (Å²) in [5, 5.41) is 7.15. The van der Waals surface area contributed by atoms with Gasteiger partial charge in [-0.3, -0.25) is 14.5 Å². The van der Waals surface area contributed by atoms with Gasteiger partial charge in [-0.1, -0.05) is 18.2 Å². The van der Waals surface area contributed by atoms with E-state index in [0.717, 1.165) is 22.3 Å². The molecular weight excluding hydrogens is 450 g/mol. The molecule has 2 N–H and O–H groups in total. The lowest BCUT2D eigenvalue weighted by molar-refractivity contribution is 0.102. The average Bonchev–Trinajstić information content (AvgIpc) is 3.27. The Morgan fingerprint density at radius 1 is 0.912 bits per heavy atom. The highest BCUT2D eigenvalue weighted by Gasteiger charge is 2.15. The first-order chi connectivity index (χ1) is 16.3. The van der Waals surface area contributed by atoms with Crippen molar-refractivity contribution in [2.75, 3.05) is 5.32 Å². The van der Waals surface area contributed by atoms with Gasteiger partial charge in [0, 0.05) is 36.8 Å². The molecule has 0 spiro atoms. The lowest BCUT2D eigenvalue weighted by Crippen LogP contribution is -2.23. The highest BCUT2D eigenvalue weighted by atomic mass is 32.2. The summed E-state index contributed by atoms with van der Waals surface area (Å²) in [6.45, 7) is 4.51. The summed E-state index contributed by atoms with van der Waals surface area (Å²) in [5.41, 5.74) is 4.20. The van der Waals surface area contributed by atoms with Crippen LogP contribution in [0.5, 0.6) is 0 Å². The predicted octanol–water partition coefficient (Wildman–Crippen LogP) is 3.67. The second-order valence-electron chi connectivity index (χ2n) is 7.98. The summed E-state index contributed by atoms with van der Waals surface area (Å²) >= 11 is 0. The maximum absolute atomic E-state index is 12.6. The molecule has 2 aromatic carbocycles. The van der Waals surface area contributed by atoms with Gasteiger partial charge in [-0.05, 0) is 72.5 Å². The number of nitrogens with one attached hydrogen (secondary N) is 2. The van der Waals surface area contributed by atoms with Gasteiger partial charge in [-0.15, -0.1) is 0 Å². The maximum atomic E-state index is 12.6. The molecule has 2 aromatic heterocycles. The largest absolute Gasteiger partial charge is 0.305 e. The maximum Gasteiger partial charge on any atom is 0.256 e. The van der Waals surface area contributed by atoms with Gasteiger partial charge < -0.3 is 5.32 Å². The normalized spacial score (nSPS) is 11.4. The number of hydrogen-bond donors (Lipinski definition) is 2. The number of nitrogens with zero attached hydrogens (tertiary/aromatic N) is 3. The second kappa shape index (κ2) is 9.98. The fourth-order valence-corrected chi connectivity index (χ4v) is 4.40. The topological polar surface area (TPSA) is 106 Å². The zero-order valence-electron chi connectivity index (χ0n) is 18.9. The Morgan fingerprint density at radius 2 is 1.65 bits per heavy atom. The van der Waals surface area contributed by atoms with Crippen LogP contribution in [0.3, 0.4) is 0 Å². The fourth-order valence-electron chi connectivity index (χ4n) is 3.30. The van der Waals surface area contributed by atoms with E-state index in [1.165, 1.54) is 0 Å². The van der Waals surface area contributed by atoms with E-state index < -0.39 is 10.0 Å². The van der Waals surface area contributed by atoms with E-state index in [0.29, 0.717) is 17.9 Å². The van der Waals surface area contributed by atoms with Crippen molar-refractivity contribution in [2.45, 2.75) is 31.8 Å². The van der Waals surface area contributed by atoms with E-state index in [4.69, 9.17) is 0 Å². The van der Waals surface area contributed by atoms with Crippen molar-refractivity contribution in [3.8, 4) is 0 Å². The average molecular weight is 476 g/mol. The molecule has 1 amide bonds. The van der Waals surface area contributed by atoms with Crippen LogP contribution in [-0.4, -0.2) is 29.1 Å². The summed E-state index contributed by atoms with van der Waals surface area (Å²) in [5.74, 6) is 0.153. The van der Waals surface area contributed by atoms with Crippen LogP contribution >= 0.6 is 0 Å². The molecule has 174 valence electrons. The summed E-state index contributed by atoms with van der Waals surface area (Å²) in [4.78, 5) is 16.8. The van der Waals surface area contributed by atoms with E-state index in [1.807, 2.05) is 26.0 Å². The van der Waals surface area contributed by atoms with Gasteiger partial charge in [0.2, 0.25) is 10.0 Å². The van der Waals surface area contributed by atoms with Crippen LogP contribution in [0, 0.1) is 13.8 Å². The van der Waals surface area contributed by atoms with Gasteiger partial charge in [0.05, 0.1) is 11.4 Å². The predicted molar refractivity (Wildman–Crippen MR) is 130 cm³/mol. The zero-order valence-corrected chi connectivity index (χ0v) is 19.7. The molecule has 4 aromatic rings. The Labute approximate surface area is 198 Å². The quantitative estimate of drug-likeness (QED) is 0.404. The van der Waals surface area contributed by atoms with Crippen molar-refractivity contribution in [3.05, 3.63) is 107 Å². The number of pyridine rings is 1. The first kappa shape index (κ1) is 23.3. The van der Waals surface area contributed by atoms with Gasteiger partial charge >= 0.3 is 0 Å². The number of rotatable bonds is 8. The molecule has 34 heavy (non-hydrogen) atoms. The molecule has 0 saturated heterocycles. The van der Waals surface area contributed by atoms with E-state index in [-0.39, 0.29) is 17.3 Å².